The molecular formula is C26H24F4N4O2S. The predicted octanol–water partition coefficient (Wildman–Crippen LogP) is 4.55. The average molecular weight is 533 g/mol. The van der Waals surface area contributed by atoms with Crippen LogP contribution in [0.25, 0.3) is 11.3 Å². The molecule has 2 atom stereocenters. The Bertz CT molecular complexity index is 1330. The molecule has 0 radical (unpaired) electrons. The molecule has 1 aliphatic rings. The van der Waals surface area contributed by atoms with Gasteiger partial charge < -0.3 is 10.2 Å². The van der Waals surface area contributed by atoms with Crippen molar-refractivity contribution in [3.63, 3.8) is 0 Å². The Labute approximate surface area is 214 Å². The van der Waals surface area contributed by atoms with Gasteiger partial charge in [-0.25, -0.2) is 17.9 Å². The summed E-state index contributed by atoms with van der Waals surface area (Å²) >= 11 is 0. The van der Waals surface area contributed by atoms with E-state index in [-0.39, 0.29) is 12.5 Å². The van der Waals surface area contributed by atoms with Gasteiger partial charge in [0.2, 0.25) is 5.91 Å². The first-order valence-corrected chi connectivity index (χ1v) is 12.4. The summed E-state index contributed by atoms with van der Waals surface area (Å²) in [5.41, 5.74) is 0.905. The van der Waals surface area contributed by atoms with Crippen LogP contribution in [0.2, 0.25) is 0 Å². The van der Waals surface area contributed by atoms with Crippen LogP contribution in [-0.4, -0.2) is 46.1 Å². The number of rotatable bonds is 7. The Morgan fingerprint density at radius 3 is 2.41 bits per heavy atom. The molecule has 3 aromatic rings. The maximum Gasteiger partial charge on any atom is 0.416 e. The van der Waals surface area contributed by atoms with Gasteiger partial charge in [0, 0.05) is 32.7 Å². The monoisotopic (exact) mass is 532 g/mol. The molecule has 1 N–H and O–H groups in total. The molecule has 0 fully saturated rings. The number of anilines is 1. The highest BCUT2D eigenvalue weighted by Gasteiger charge is 2.32. The lowest BCUT2D eigenvalue weighted by molar-refractivity contribution is -0.137. The third kappa shape index (κ3) is 6.23. The van der Waals surface area contributed by atoms with Crippen LogP contribution in [0.4, 0.5) is 23.4 Å². The molecule has 194 valence electrons. The molecule has 11 heteroatoms. The summed E-state index contributed by atoms with van der Waals surface area (Å²) in [6, 6.07) is 12.7. The van der Waals surface area contributed by atoms with Crippen molar-refractivity contribution >= 4 is 22.7 Å². The number of hydrogen-bond donors (Lipinski definition) is 1. The summed E-state index contributed by atoms with van der Waals surface area (Å²) in [6.07, 6.45) is -1.04. The second-order valence-corrected chi connectivity index (χ2v) is 10.0. The number of nitrogens with one attached hydrogen (secondary N) is 1. The van der Waals surface area contributed by atoms with E-state index in [9.17, 15) is 26.6 Å². The molecule has 2 aromatic carbocycles. The zero-order valence-electron chi connectivity index (χ0n) is 20.0. The minimum atomic E-state index is -4.43. The van der Waals surface area contributed by atoms with Crippen LogP contribution in [0.1, 0.15) is 11.1 Å². The van der Waals surface area contributed by atoms with Crippen LogP contribution in [0.5, 0.6) is 0 Å². The van der Waals surface area contributed by atoms with Crippen molar-refractivity contribution in [1.82, 2.24) is 14.6 Å². The van der Waals surface area contributed by atoms with E-state index in [0.29, 0.717) is 34.1 Å². The third-order valence-electron chi connectivity index (χ3n) is 5.72. The van der Waals surface area contributed by atoms with Gasteiger partial charge in [0.1, 0.15) is 28.7 Å². The number of halogens is 4. The fraction of sp³-hybridized carbons (Fsp3) is 0.231. The first-order chi connectivity index (χ1) is 17.5. The van der Waals surface area contributed by atoms with E-state index in [0.717, 1.165) is 12.1 Å². The molecule has 0 bridgehead atoms. The molecule has 0 saturated carbocycles. The van der Waals surface area contributed by atoms with Crippen molar-refractivity contribution in [3.05, 3.63) is 89.8 Å². The summed E-state index contributed by atoms with van der Waals surface area (Å²) in [6.45, 7) is 0.414. The van der Waals surface area contributed by atoms with Crippen molar-refractivity contribution < 1.29 is 26.6 Å². The van der Waals surface area contributed by atoms with E-state index in [1.165, 1.54) is 40.7 Å². The summed E-state index contributed by atoms with van der Waals surface area (Å²) in [5, 5.41) is 2.84. The lowest BCUT2D eigenvalue weighted by Gasteiger charge is -2.22. The summed E-state index contributed by atoms with van der Waals surface area (Å²) in [4.78, 5) is 19.7. The van der Waals surface area contributed by atoms with Gasteiger partial charge in [-0.2, -0.15) is 13.2 Å². The number of carbonyl (C=O) groups is 1. The number of benzene rings is 2. The highest BCUT2D eigenvalue weighted by atomic mass is 32.2. The van der Waals surface area contributed by atoms with Crippen molar-refractivity contribution in [2.75, 3.05) is 25.5 Å². The zero-order valence-corrected chi connectivity index (χ0v) is 20.8. The number of alkyl halides is 3. The van der Waals surface area contributed by atoms with E-state index in [1.54, 1.807) is 43.3 Å². The van der Waals surface area contributed by atoms with Crippen LogP contribution in [0, 0.1) is 5.82 Å². The topological polar surface area (TPSA) is 65.5 Å². The molecule has 37 heavy (non-hydrogen) atoms. The number of hydrogen-bond acceptors (Lipinski definition) is 4. The first kappa shape index (κ1) is 26.5. The van der Waals surface area contributed by atoms with E-state index in [2.05, 4.69) is 10.3 Å². The molecule has 1 amide bonds. The van der Waals surface area contributed by atoms with Gasteiger partial charge in [0.25, 0.3) is 0 Å². The summed E-state index contributed by atoms with van der Waals surface area (Å²) in [7, 11) is 1.90. The Balaban J connectivity index is 1.50. The second-order valence-electron chi connectivity index (χ2n) is 8.58. The zero-order chi connectivity index (χ0) is 26.7. The van der Waals surface area contributed by atoms with E-state index in [1.807, 2.05) is 0 Å². The molecule has 2 heterocycles. The molecule has 0 aliphatic carbocycles. The second kappa shape index (κ2) is 10.8. The van der Waals surface area contributed by atoms with Crippen LogP contribution < -0.4 is 10.2 Å². The number of nitrogens with zero attached hydrogens (tertiary/aromatic N) is 3. The maximum atomic E-state index is 13.2. The Kier molecular flexibility index (Phi) is 7.74. The summed E-state index contributed by atoms with van der Waals surface area (Å²) < 4.78 is 66.5. The van der Waals surface area contributed by atoms with Crippen LogP contribution in [-0.2, 0) is 28.5 Å². The normalized spacial score (nSPS) is 16.5. The van der Waals surface area contributed by atoms with Gasteiger partial charge in [0.05, 0.1) is 16.2 Å². The minimum Gasteiger partial charge on any atom is -0.363 e. The van der Waals surface area contributed by atoms with Crippen LogP contribution in [0.3, 0.4) is 0 Å². The van der Waals surface area contributed by atoms with Crippen molar-refractivity contribution in [3.8, 4) is 11.3 Å². The van der Waals surface area contributed by atoms with Crippen LogP contribution >= 0.6 is 0 Å². The van der Waals surface area contributed by atoms with Gasteiger partial charge in [-0.1, -0.05) is 24.3 Å². The molecular weight excluding hydrogens is 508 g/mol. The van der Waals surface area contributed by atoms with Gasteiger partial charge in [0.15, 0.2) is 0 Å². The van der Waals surface area contributed by atoms with Crippen LogP contribution in [0.15, 0.2) is 77.7 Å². The van der Waals surface area contributed by atoms with Gasteiger partial charge in [-0.15, -0.1) is 0 Å². The minimum absolute atomic E-state index is 0.122. The molecule has 4 rings (SSSR count). The largest absolute Gasteiger partial charge is 0.416 e. The SMILES string of the molecule is CN(C)c1cc(CNC(=O)C2C=CCN2S(=O)c2ccc(F)cc2)cc(-c2ccc(C(F)(F)F)cc2)n1. The molecule has 1 aliphatic heterocycles. The average Bonchev–Trinajstić information content (AvgIpc) is 3.37. The fourth-order valence-corrected chi connectivity index (χ4v) is 4.99. The van der Waals surface area contributed by atoms with Crippen molar-refractivity contribution in [2.45, 2.75) is 23.7 Å². The maximum absolute atomic E-state index is 13.2. The van der Waals surface area contributed by atoms with E-state index < -0.39 is 34.6 Å². The highest BCUT2D eigenvalue weighted by Crippen LogP contribution is 2.31. The molecule has 2 unspecified atom stereocenters. The standard InChI is InChI=1S/C26H24F4N4O2S/c1-33(2)24-15-17(14-22(32-24)18-5-7-19(8-6-18)26(28,29)30)16-31-25(35)23-4-3-13-34(23)37(36)21-11-9-20(27)10-12-21/h3-12,14-15,23H,13,16H2,1-2H3,(H,31,35). The molecule has 0 saturated heterocycles. The van der Waals surface area contributed by atoms with Gasteiger partial charge in [-0.05, 0) is 54.1 Å². The fourth-order valence-electron chi connectivity index (χ4n) is 3.75. The highest BCUT2D eigenvalue weighted by molar-refractivity contribution is 7.82. The molecule has 1 aromatic heterocycles. The number of amides is 1. The smallest absolute Gasteiger partial charge is 0.363 e. The van der Waals surface area contributed by atoms with Gasteiger partial charge >= 0.3 is 6.18 Å². The lowest BCUT2D eigenvalue weighted by atomic mass is 10.1. The Morgan fingerprint density at radius 1 is 1.11 bits per heavy atom. The van der Waals surface area contributed by atoms with E-state index >= 15 is 0 Å². The number of aromatic nitrogens is 1. The lowest BCUT2D eigenvalue weighted by Crippen LogP contribution is -2.43. The first-order valence-electron chi connectivity index (χ1n) is 11.3. The predicted molar refractivity (Wildman–Crippen MR) is 133 cm³/mol. The Morgan fingerprint density at radius 2 is 1.78 bits per heavy atom. The van der Waals surface area contributed by atoms with Gasteiger partial charge in [-0.3, -0.25) is 4.79 Å². The van der Waals surface area contributed by atoms with Crippen molar-refractivity contribution in [2.24, 2.45) is 0 Å². The third-order valence-corrected chi connectivity index (χ3v) is 7.19. The van der Waals surface area contributed by atoms with E-state index in [4.69, 9.17) is 0 Å². The molecule has 6 nitrogen and oxygen atoms in total. The summed E-state index contributed by atoms with van der Waals surface area (Å²) in [5.74, 6) is -0.246. The number of carbonyl (C=O) groups excluding carboxylic acids is 1. The quantitative estimate of drug-likeness (QED) is 0.358. The Hall–Kier alpha value is -3.57. The van der Waals surface area contributed by atoms with Crippen molar-refractivity contribution in [1.29, 1.82) is 0 Å². The molecule has 0 spiro atoms. The number of pyridine rings is 1.